The first-order valence-electron chi connectivity index (χ1n) is 6.86. The van der Waals surface area contributed by atoms with E-state index in [2.05, 4.69) is 29.7 Å². The normalized spacial score (nSPS) is 14.4. The van der Waals surface area contributed by atoms with Gasteiger partial charge in [-0.3, -0.25) is 4.79 Å². The number of carbonyl (C=O) groups excluding carboxylic acids is 1. The van der Waals surface area contributed by atoms with E-state index < -0.39 is 0 Å². The summed E-state index contributed by atoms with van der Waals surface area (Å²) in [6.45, 7) is 4.87. The van der Waals surface area contributed by atoms with Gasteiger partial charge in [0.2, 0.25) is 5.91 Å². The first kappa shape index (κ1) is 16.0. The highest BCUT2D eigenvalue weighted by atomic mass is 35.5. The van der Waals surface area contributed by atoms with Crippen molar-refractivity contribution in [3.63, 3.8) is 0 Å². The van der Waals surface area contributed by atoms with Gasteiger partial charge >= 0.3 is 0 Å². The van der Waals surface area contributed by atoms with Gasteiger partial charge in [0, 0.05) is 5.69 Å². The van der Waals surface area contributed by atoms with E-state index in [1.807, 2.05) is 13.0 Å². The second-order valence-electron chi connectivity index (χ2n) is 5.00. The first-order valence-corrected chi connectivity index (χ1v) is 6.86. The number of hydrogen-bond acceptors (Lipinski definition) is 2. The van der Waals surface area contributed by atoms with Crippen LogP contribution in [0.1, 0.15) is 37.8 Å². The first-order chi connectivity index (χ1) is 8.70. The van der Waals surface area contributed by atoms with Crippen LogP contribution in [0.15, 0.2) is 18.2 Å². The van der Waals surface area contributed by atoms with Crippen LogP contribution in [0.2, 0.25) is 0 Å². The van der Waals surface area contributed by atoms with Gasteiger partial charge in [0.05, 0.1) is 6.04 Å². The number of carbonyl (C=O) groups is 1. The van der Waals surface area contributed by atoms with Crippen molar-refractivity contribution in [1.29, 1.82) is 0 Å². The number of nitrogens with one attached hydrogen (secondary N) is 2. The molecule has 1 aliphatic rings. The number of halogens is 1. The molecule has 0 saturated carbocycles. The van der Waals surface area contributed by atoms with E-state index in [9.17, 15) is 4.79 Å². The van der Waals surface area contributed by atoms with Crippen molar-refractivity contribution in [2.75, 3.05) is 11.9 Å². The Bertz CT molecular complexity index is 434. The predicted octanol–water partition coefficient (Wildman–Crippen LogP) is 2.92. The average molecular weight is 283 g/mol. The van der Waals surface area contributed by atoms with E-state index in [1.54, 1.807) is 0 Å². The van der Waals surface area contributed by atoms with E-state index in [0.717, 1.165) is 25.1 Å². The van der Waals surface area contributed by atoms with Gasteiger partial charge in [-0.15, -0.1) is 12.4 Å². The summed E-state index contributed by atoms with van der Waals surface area (Å²) >= 11 is 0. The second-order valence-corrected chi connectivity index (χ2v) is 5.00. The fraction of sp³-hybridized carbons (Fsp3) is 0.533. The summed E-state index contributed by atoms with van der Waals surface area (Å²) < 4.78 is 0. The van der Waals surface area contributed by atoms with Crippen LogP contribution in [0, 0.1) is 0 Å². The summed E-state index contributed by atoms with van der Waals surface area (Å²) in [5.41, 5.74) is 3.75. The number of hydrogen-bond donors (Lipinski definition) is 2. The summed E-state index contributed by atoms with van der Waals surface area (Å²) in [5.74, 6) is 0.0430. The van der Waals surface area contributed by atoms with Crippen LogP contribution in [0.25, 0.3) is 0 Å². The lowest BCUT2D eigenvalue weighted by molar-refractivity contribution is -0.117. The Morgan fingerprint density at radius 2 is 2.05 bits per heavy atom. The number of anilines is 1. The highest BCUT2D eigenvalue weighted by Crippen LogP contribution is 2.24. The molecular weight excluding hydrogens is 260 g/mol. The molecule has 0 bridgehead atoms. The minimum Gasteiger partial charge on any atom is -0.325 e. The Balaban J connectivity index is 0.00000180. The zero-order chi connectivity index (χ0) is 13.0. The van der Waals surface area contributed by atoms with E-state index >= 15 is 0 Å². The van der Waals surface area contributed by atoms with Gasteiger partial charge in [-0.05, 0) is 62.4 Å². The Morgan fingerprint density at radius 3 is 2.79 bits per heavy atom. The van der Waals surface area contributed by atoms with E-state index in [0.29, 0.717) is 0 Å². The largest absolute Gasteiger partial charge is 0.325 e. The number of aryl methyl sites for hydroxylation is 2. The topological polar surface area (TPSA) is 41.1 Å². The Morgan fingerprint density at radius 1 is 1.32 bits per heavy atom. The molecule has 1 atom stereocenters. The van der Waals surface area contributed by atoms with Gasteiger partial charge in [0.15, 0.2) is 0 Å². The van der Waals surface area contributed by atoms with Gasteiger partial charge in [-0.25, -0.2) is 0 Å². The molecule has 0 aromatic heterocycles. The third kappa shape index (κ3) is 4.22. The zero-order valence-corrected chi connectivity index (χ0v) is 12.5. The van der Waals surface area contributed by atoms with Crippen molar-refractivity contribution in [1.82, 2.24) is 5.32 Å². The molecule has 0 fully saturated rings. The number of rotatable bonds is 5. The van der Waals surface area contributed by atoms with Crippen LogP contribution < -0.4 is 10.6 Å². The standard InChI is InChI=1S/C15H22N2O.ClH/c1-3-9-16-11(2)15(18)17-14-8-7-12-5-4-6-13(12)10-14;/h7-8,10-11,16H,3-6,9H2,1-2H3,(H,17,18);1H. The van der Waals surface area contributed by atoms with Crippen LogP contribution in [0.5, 0.6) is 0 Å². The highest BCUT2D eigenvalue weighted by Gasteiger charge is 2.14. The van der Waals surface area contributed by atoms with Gasteiger partial charge in [-0.1, -0.05) is 13.0 Å². The molecule has 0 aliphatic heterocycles. The van der Waals surface area contributed by atoms with Crippen molar-refractivity contribution < 1.29 is 4.79 Å². The quantitative estimate of drug-likeness (QED) is 0.872. The van der Waals surface area contributed by atoms with Gasteiger partial charge in [-0.2, -0.15) is 0 Å². The highest BCUT2D eigenvalue weighted by molar-refractivity contribution is 5.94. The van der Waals surface area contributed by atoms with Gasteiger partial charge in [0.1, 0.15) is 0 Å². The summed E-state index contributed by atoms with van der Waals surface area (Å²) in [7, 11) is 0. The number of amides is 1. The van der Waals surface area contributed by atoms with Crippen molar-refractivity contribution >= 4 is 24.0 Å². The summed E-state index contributed by atoms with van der Waals surface area (Å²) in [5, 5.41) is 6.17. The van der Waals surface area contributed by atoms with Crippen LogP contribution >= 0.6 is 12.4 Å². The molecule has 1 amide bonds. The van der Waals surface area contributed by atoms with Crippen molar-refractivity contribution in [3.8, 4) is 0 Å². The van der Waals surface area contributed by atoms with E-state index in [-0.39, 0.29) is 24.4 Å². The fourth-order valence-corrected chi connectivity index (χ4v) is 2.35. The molecule has 19 heavy (non-hydrogen) atoms. The molecule has 0 heterocycles. The summed E-state index contributed by atoms with van der Waals surface area (Å²) in [6, 6.07) is 6.13. The van der Waals surface area contributed by atoms with Crippen LogP contribution in [0.3, 0.4) is 0 Å². The molecule has 0 saturated heterocycles. The lowest BCUT2D eigenvalue weighted by atomic mass is 10.1. The van der Waals surface area contributed by atoms with E-state index in [4.69, 9.17) is 0 Å². The lowest BCUT2D eigenvalue weighted by Gasteiger charge is -2.14. The molecule has 3 nitrogen and oxygen atoms in total. The number of benzene rings is 1. The lowest BCUT2D eigenvalue weighted by Crippen LogP contribution is -2.38. The zero-order valence-electron chi connectivity index (χ0n) is 11.7. The van der Waals surface area contributed by atoms with Crippen LogP contribution in [-0.2, 0) is 17.6 Å². The third-order valence-corrected chi connectivity index (χ3v) is 3.46. The molecule has 0 radical (unpaired) electrons. The molecule has 2 rings (SSSR count). The van der Waals surface area contributed by atoms with Gasteiger partial charge in [0.25, 0.3) is 0 Å². The van der Waals surface area contributed by atoms with Crippen molar-refractivity contribution in [3.05, 3.63) is 29.3 Å². The third-order valence-electron chi connectivity index (χ3n) is 3.46. The van der Waals surface area contributed by atoms with Crippen molar-refractivity contribution in [2.24, 2.45) is 0 Å². The maximum absolute atomic E-state index is 11.9. The Hall–Kier alpha value is -1.06. The summed E-state index contributed by atoms with van der Waals surface area (Å²) in [4.78, 5) is 11.9. The smallest absolute Gasteiger partial charge is 0.241 e. The Kier molecular flexibility index (Phi) is 6.32. The SMILES string of the molecule is CCCNC(C)C(=O)Nc1ccc2c(c1)CCC2.Cl. The molecule has 2 N–H and O–H groups in total. The average Bonchev–Trinajstić information content (AvgIpc) is 2.83. The maximum atomic E-state index is 11.9. The molecule has 1 aliphatic carbocycles. The fourth-order valence-electron chi connectivity index (χ4n) is 2.35. The van der Waals surface area contributed by atoms with Gasteiger partial charge < -0.3 is 10.6 Å². The number of fused-ring (bicyclic) bond motifs is 1. The summed E-state index contributed by atoms with van der Waals surface area (Å²) in [6.07, 6.45) is 4.60. The molecule has 1 aromatic carbocycles. The molecule has 1 aromatic rings. The van der Waals surface area contributed by atoms with E-state index in [1.165, 1.54) is 24.0 Å². The molecule has 106 valence electrons. The Labute approximate surface area is 121 Å². The minimum atomic E-state index is -0.141. The molecule has 4 heteroatoms. The second kappa shape index (κ2) is 7.51. The monoisotopic (exact) mass is 282 g/mol. The predicted molar refractivity (Wildman–Crippen MR) is 82.1 cm³/mol. The molecular formula is C15H23ClN2O. The van der Waals surface area contributed by atoms with Crippen LogP contribution in [-0.4, -0.2) is 18.5 Å². The van der Waals surface area contributed by atoms with Crippen molar-refractivity contribution in [2.45, 2.75) is 45.6 Å². The molecule has 1 unspecified atom stereocenters. The van der Waals surface area contributed by atoms with Crippen LogP contribution in [0.4, 0.5) is 5.69 Å². The minimum absolute atomic E-state index is 0. The molecule has 0 spiro atoms. The maximum Gasteiger partial charge on any atom is 0.241 e.